The van der Waals surface area contributed by atoms with Crippen molar-refractivity contribution in [3.05, 3.63) is 35.1 Å². The molecule has 4 atom stereocenters. The zero-order valence-electron chi connectivity index (χ0n) is 14.6. The van der Waals surface area contributed by atoms with Crippen LogP contribution < -0.4 is 0 Å². The van der Waals surface area contributed by atoms with Gasteiger partial charge in [-0.2, -0.15) is 0 Å². The molecule has 0 amide bonds. The van der Waals surface area contributed by atoms with Crippen molar-refractivity contribution in [3.63, 3.8) is 0 Å². The Morgan fingerprint density at radius 3 is 2.72 bits per heavy atom. The molecule has 2 aliphatic carbocycles. The molecule has 1 N–H and O–H groups in total. The van der Waals surface area contributed by atoms with E-state index in [9.17, 15) is 14.7 Å². The third-order valence-electron chi connectivity index (χ3n) is 5.98. The second-order valence-corrected chi connectivity index (χ2v) is 7.86. The molecule has 1 spiro atoms. The van der Waals surface area contributed by atoms with Gasteiger partial charge in [-0.15, -0.1) is 0 Å². The lowest BCUT2D eigenvalue weighted by Gasteiger charge is -2.52. The fourth-order valence-corrected chi connectivity index (χ4v) is 4.59. The van der Waals surface area contributed by atoms with Gasteiger partial charge in [-0.25, -0.2) is 9.59 Å². The van der Waals surface area contributed by atoms with E-state index in [0.717, 1.165) is 24.8 Å². The quantitative estimate of drug-likeness (QED) is 0.357. The number of carbonyl (C=O) groups excluding carboxylic acids is 2. The largest absolute Gasteiger partial charge is 0.458 e. The van der Waals surface area contributed by atoms with Crippen molar-refractivity contribution >= 4 is 11.9 Å². The molecule has 2 aliphatic heterocycles. The maximum atomic E-state index is 12.6. The van der Waals surface area contributed by atoms with Gasteiger partial charge in [0.1, 0.15) is 6.10 Å². The van der Waals surface area contributed by atoms with Crippen LogP contribution in [-0.4, -0.2) is 35.0 Å². The minimum atomic E-state index is -0.944. The Morgan fingerprint density at radius 1 is 1.28 bits per heavy atom. The van der Waals surface area contributed by atoms with Gasteiger partial charge in [-0.3, -0.25) is 0 Å². The highest BCUT2D eigenvalue weighted by molar-refractivity contribution is 5.92. The maximum absolute atomic E-state index is 12.6. The number of fused-ring (bicyclic) bond motifs is 1. The van der Waals surface area contributed by atoms with Crippen LogP contribution in [-0.2, 0) is 23.8 Å². The van der Waals surface area contributed by atoms with Gasteiger partial charge >= 0.3 is 11.9 Å². The Hall–Kier alpha value is -2.08. The number of esters is 2. The van der Waals surface area contributed by atoms with Crippen molar-refractivity contribution in [1.29, 1.82) is 0 Å². The zero-order valence-corrected chi connectivity index (χ0v) is 14.6. The molecule has 134 valence electrons. The van der Waals surface area contributed by atoms with Gasteiger partial charge in [-0.1, -0.05) is 19.9 Å². The third kappa shape index (κ3) is 2.13. The van der Waals surface area contributed by atoms with E-state index in [0.29, 0.717) is 5.57 Å². The van der Waals surface area contributed by atoms with E-state index in [1.807, 2.05) is 19.9 Å². The average molecular weight is 346 g/mol. The van der Waals surface area contributed by atoms with E-state index in [2.05, 4.69) is 0 Å². The lowest BCUT2D eigenvalue weighted by molar-refractivity contribution is -0.198. The zero-order chi connectivity index (χ0) is 18.0. The summed E-state index contributed by atoms with van der Waals surface area (Å²) in [7, 11) is 0. The van der Waals surface area contributed by atoms with Crippen LogP contribution in [0, 0.1) is 11.3 Å². The first-order valence-electron chi connectivity index (χ1n) is 8.64. The predicted octanol–water partition coefficient (Wildman–Crippen LogP) is 2.14. The molecule has 0 aromatic carbocycles. The van der Waals surface area contributed by atoms with Gasteiger partial charge in [-0.05, 0) is 31.8 Å². The molecule has 0 aromatic heterocycles. The number of aliphatic hydroxyl groups excluding tert-OH is 1. The van der Waals surface area contributed by atoms with Crippen LogP contribution in [0.2, 0.25) is 0 Å². The number of hydrogen-bond acceptors (Lipinski definition) is 6. The summed E-state index contributed by atoms with van der Waals surface area (Å²) in [4.78, 5) is 24.0. The first-order valence-corrected chi connectivity index (χ1v) is 8.64. The number of hydrogen-bond donors (Lipinski definition) is 1. The fraction of sp³-hybridized carbons (Fsp3) is 0.579. The van der Waals surface area contributed by atoms with Crippen LogP contribution in [0.5, 0.6) is 0 Å². The third-order valence-corrected chi connectivity index (χ3v) is 5.98. The number of aliphatic hydroxyl groups is 1. The van der Waals surface area contributed by atoms with Crippen LogP contribution in [0.1, 0.15) is 40.0 Å². The van der Waals surface area contributed by atoms with E-state index in [1.165, 1.54) is 6.26 Å². The average Bonchev–Trinajstić information content (AvgIpc) is 2.94. The van der Waals surface area contributed by atoms with Crippen LogP contribution >= 0.6 is 0 Å². The lowest BCUT2D eigenvalue weighted by Crippen LogP contribution is -2.61. The van der Waals surface area contributed by atoms with Crippen LogP contribution in [0.4, 0.5) is 0 Å². The van der Waals surface area contributed by atoms with Gasteiger partial charge in [0.05, 0.1) is 11.8 Å². The van der Waals surface area contributed by atoms with Gasteiger partial charge in [0.15, 0.2) is 5.60 Å². The highest BCUT2D eigenvalue weighted by atomic mass is 16.7. The van der Waals surface area contributed by atoms with Crippen molar-refractivity contribution in [2.24, 2.45) is 11.3 Å². The molecular weight excluding hydrogens is 324 g/mol. The van der Waals surface area contributed by atoms with Crippen molar-refractivity contribution in [3.8, 4) is 0 Å². The summed E-state index contributed by atoms with van der Waals surface area (Å²) in [6.07, 6.45) is 5.80. The predicted molar refractivity (Wildman–Crippen MR) is 86.8 cm³/mol. The van der Waals surface area contributed by atoms with Crippen molar-refractivity contribution in [2.45, 2.75) is 58.0 Å². The Morgan fingerprint density at radius 2 is 2.04 bits per heavy atom. The molecule has 25 heavy (non-hydrogen) atoms. The Balaban J connectivity index is 1.63. The molecule has 2 bridgehead atoms. The fourth-order valence-electron chi connectivity index (χ4n) is 4.59. The van der Waals surface area contributed by atoms with Crippen LogP contribution in [0.25, 0.3) is 0 Å². The number of cyclic esters (lactones) is 1. The van der Waals surface area contributed by atoms with Gasteiger partial charge < -0.3 is 19.3 Å². The summed E-state index contributed by atoms with van der Waals surface area (Å²) < 4.78 is 16.3. The number of carbonyl (C=O) groups is 2. The molecule has 6 nitrogen and oxygen atoms in total. The van der Waals surface area contributed by atoms with Crippen molar-refractivity contribution in [1.82, 2.24) is 0 Å². The minimum absolute atomic E-state index is 0.254. The standard InChI is InChI=1S/C19H22O6/c1-10-7-14(24-16(10)21)23-9-13-12-8-11-5-4-6-18(2,3)19(11,15(12)20)25-17(13)22/h7-9,12,14-15,20H,4-6H2,1-3H3/t12-,14?,15-,19-/m1/s1. The molecule has 4 aliphatic rings. The van der Waals surface area contributed by atoms with Gasteiger partial charge in [0, 0.05) is 23.0 Å². The van der Waals surface area contributed by atoms with Crippen LogP contribution in [0.3, 0.4) is 0 Å². The summed E-state index contributed by atoms with van der Waals surface area (Å²) in [6, 6.07) is 0. The Bertz CT molecular complexity index is 743. The molecule has 2 fully saturated rings. The summed E-state index contributed by atoms with van der Waals surface area (Å²) in [5.41, 5.74) is 0.449. The molecule has 6 heteroatoms. The molecule has 4 rings (SSSR count). The molecular formula is C19H22O6. The number of ether oxygens (including phenoxy) is 3. The van der Waals surface area contributed by atoms with E-state index in [-0.39, 0.29) is 11.0 Å². The minimum Gasteiger partial charge on any atom is -0.458 e. The lowest BCUT2D eigenvalue weighted by atomic mass is 9.61. The Labute approximate surface area is 146 Å². The monoisotopic (exact) mass is 346 g/mol. The smallest absolute Gasteiger partial charge is 0.338 e. The first kappa shape index (κ1) is 16.4. The van der Waals surface area contributed by atoms with Crippen LogP contribution in [0.15, 0.2) is 35.1 Å². The molecule has 0 aromatic rings. The summed E-state index contributed by atoms with van der Waals surface area (Å²) in [5, 5.41) is 11.0. The molecule has 2 heterocycles. The molecule has 0 radical (unpaired) electrons. The van der Waals surface area contributed by atoms with E-state index < -0.39 is 35.9 Å². The summed E-state index contributed by atoms with van der Waals surface area (Å²) in [6.45, 7) is 5.71. The van der Waals surface area contributed by atoms with Crippen molar-refractivity contribution < 1.29 is 28.9 Å². The van der Waals surface area contributed by atoms with Crippen molar-refractivity contribution in [2.75, 3.05) is 0 Å². The SMILES string of the molecule is CC1=CC(OC=C2C(=O)O[C@]34C(=C[C@H]2[C@H]3O)CCCC4(C)C)OC1=O. The summed E-state index contributed by atoms with van der Waals surface area (Å²) >= 11 is 0. The normalized spacial score (nSPS) is 40.2. The van der Waals surface area contributed by atoms with E-state index >= 15 is 0 Å². The Kier molecular flexibility index (Phi) is 3.41. The molecule has 1 unspecified atom stereocenters. The highest BCUT2D eigenvalue weighted by Crippen LogP contribution is 2.59. The number of rotatable bonds is 2. The second kappa shape index (κ2) is 5.21. The molecule has 1 saturated heterocycles. The first-order chi connectivity index (χ1) is 11.8. The van der Waals surface area contributed by atoms with Gasteiger partial charge in [0.2, 0.25) is 0 Å². The van der Waals surface area contributed by atoms with E-state index in [1.54, 1.807) is 13.0 Å². The maximum Gasteiger partial charge on any atom is 0.338 e. The molecule has 1 saturated carbocycles. The van der Waals surface area contributed by atoms with Gasteiger partial charge in [0.25, 0.3) is 6.29 Å². The highest BCUT2D eigenvalue weighted by Gasteiger charge is 2.66. The topological polar surface area (TPSA) is 82.1 Å². The summed E-state index contributed by atoms with van der Waals surface area (Å²) in [5.74, 6) is -1.39. The second-order valence-electron chi connectivity index (χ2n) is 7.86. The van der Waals surface area contributed by atoms with E-state index in [4.69, 9.17) is 14.2 Å².